The van der Waals surface area contributed by atoms with Crippen molar-refractivity contribution in [2.75, 3.05) is 6.54 Å². The van der Waals surface area contributed by atoms with Crippen LogP contribution in [0.3, 0.4) is 0 Å². The Kier molecular flexibility index (Phi) is 8.67. The van der Waals surface area contributed by atoms with Crippen LogP contribution in [0.25, 0.3) is 0 Å². The number of amides is 4. The summed E-state index contributed by atoms with van der Waals surface area (Å²) in [6.45, 7) is 0.381. The standard InChI is InChI=1S/C24H23ClN4O4/c25-20-10-12-21(13-11-20)33-16-18-6-8-19(9-7-18)23(31)29-28-22(30)15-27-24(32)26-14-17-4-2-1-3-5-17/h1-13H,14-16H2,(H,28,30)(H,29,31)(H2,26,27,32). The van der Waals surface area contributed by atoms with E-state index >= 15 is 0 Å². The van der Waals surface area contributed by atoms with Crippen molar-refractivity contribution in [2.45, 2.75) is 13.2 Å². The van der Waals surface area contributed by atoms with Crippen molar-refractivity contribution in [3.05, 3.63) is 101 Å². The summed E-state index contributed by atoms with van der Waals surface area (Å²) in [6, 6.07) is 22.7. The molecule has 0 saturated carbocycles. The van der Waals surface area contributed by atoms with Crippen LogP contribution in [0.15, 0.2) is 78.9 Å². The van der Waals surface area contributed by atoms with Gasteiger partial charge in [0.05, 0.1) is 0 Å². The molecule has 9 heteroatoms. The molecule has 0 aromatic heterocycles. The molecule has 8 nitrogen and oxygen atoms in total. The molecule has 0 spiro atoms. The topological polar surface area (TPSA) is 109 Å². The van der Waals surface area contributed by atoms with Gasteiger partial charge in [0, 0.05) is 17.1 Å². The second kappa shape index (κ2) is 12.1. The number of rotatable bonds is 8. The smallest absolute Gasteiger partial charge is 0.315 e. The molecule has 0 radical (unpaired) electrons. The number of benzene rings is 3. The molecule has 0 aliphatic carbocycles. The number of hydrazine groups is 1. The van der Waals surface area contributed by atoms with Crippen molar-refractivity contribution in [1.29, 1.82) is 0 Å². The molecule has 0 heterocycles. The Balaban J connectivity index is 1.35. The third-order valence-electron chi connectivity index (χ3n) is 4.46. The number of hydrogen-bond acceptors (Lipinski definition) is 4. The molecule has 170 valence electrons. The summed E-state index contributed by atoms with van der Waals surface area (Å²) in [5, 5.41) is 5.69. The zero-order valence-corrected chi connectivity index (χ0v) is 18.4. The number of carbonyl (C=O) groups excluding carboxylic acids is 3. The fourth-order valence-corrected chi connectivity index (χ4v) is 2.82. The van der Waals surface area contributed by atoms with E-state index in [1.165, 1.54) is 0 Å². The second-order valence-electron chi connectivity index (χ2n) is 6.96. The van der Waals surface area contributed by atoms with E-state index < -0.39 is 17.8 Å². The van der Waals surface area contributed by atoms with Crippen molar-refractivity contribution in [1.82, 2.24) is 21.5 Å². The lowest BCUT2D eigenvalue weighted by Gasteiger charge is -2.10. The average molecular weight is 467 g/mol. The van der Waals surface area contributed by atoms with Crippen LogP contribution in [0.2, 0.25) is 5.02 Å². The lowest BCUT2D eigenvalue weighted by molar-refractivity contribution is -0.120. The molecule has 0 bridgehead atoms. The zero-order chi connectivity index (χ0) is 23.5. The molecule has 0 unspecified atom stereocenters. The number of ether oxygens (including phenoxy) is 1. The van der Waals surface area contributed by atoms with E-state index in [2.05, 4.69) is 21.5 Å². The Labute approximate surface area is 196 Å². The summed E-state index contributed by atoms with van der Waals surface area (Å²) in [5.41, 5.74) is 6.74. The normalized spacial score (nSPS) is 10.1. The van der Waals surface area contributed by atoms with Gasteiger partial charge in [0.25, 0.3) is 11.8 Å². The van der Waals surface area contributed by atoms with E-state index in [1.807, 2.05) is 30.3 Å². The first kappa shape index (κ1) is 23.6. The van der Waals surface area contributed by atoms with Crippen LogP contribution in [0.4, 0.5) is 4.79 Å². The van der Waals surface area contributed by atoms with Gasteiger partial charge in [-0.2, -0.15) is 0 Å². The van der Waals surface area contributed by atoms with Gasteiger partial charge in [-0.25, -0.2) is 4.79 Å². The van der Waals surface area contributed by atoms with Gasteiger partial charge >= 0.3 is 6.03 Å². The number of halogens is 1. The Hall–Kier alpha value is -4.04. The quantitative estimate of drug-likeness (QED) is 0.382. The average Bonchev–Trinajstić information content (AvgIpc) is 2.85. The number of hydrogen-bond donors (Lipinski definition) is 4. The molecule has 0 saturated heterocycles. The molecule has 0 fully saturated rings. The molecular formula is C24H23ClN4O4. The maximum absolute atomic E-state index is 12.2. The second-order valence-corrected chi connectivity index (χ2v) is 7.40. The van der Waals surface area contributed by atoms with E-state index in [-0.39, 0.29) is 6.54 Å². The lowest BCUT2D eigenvalue weighted by atomic mass is 10.1. The van der Waals surface area contributed by atoms with Gasteiger partial charge in [0.15, 0.2) is 0 Å². The van der Waals surface area contributed by atoms with Gasteiger partial charge in [-0.3, -0.25) is 20.4 Å². The highest BCUT2D eigenvalue weighted by Gasteiger charge is 2.09. The fraction of sp³-hybridized carbons (Fsp3) is 0.125. The van der Waals surface area contributed by atoms with Gasteiger partial charge in [0.2, 0.25) is 0 Å². The number of nitrogens with one attached hydrogen (secondary N) is 4. The first-order chi connectivity index (χ1) is 16.0. The summed E-state index contributed by atoms with van der Waals surface area (Å²) in [7, 11) is 0. The Morgan fingerprint density at radius 2 is 1.45 bits per heavy atom. The van der Waals surface area contributed by atoms with Crippen molar-refractivity contribution in [3.8, 4) is 5.75 Å². The van der Waals surface area contributed by atoms with E-state index in [0.717, 1.165) is 11.1 Å². The Morgan fingerprint density at radius 1 is 0.758 bits per heavy atom. The van der Waals surface area contributed by atoms with Crippen LogP contribution in [0.5, 0.6) is 5.75 Å². The molecule has 3 aromatic rings. The summed E-state index contributed by atoms with van der Waals surface area (Å²) >= 11 is 5.85. The van der Waals surface area contributed by atoms with E-state index in [0.29, 0.717) is 29.5 Å². The van der Waals surface area contributed by atoms with E-state index in [9.17, 15) is 14.4 Å². The largest absolute Gasteiger partial charge is 0.489 e. The van der Waals surface area contributed by atoms with Crippen LogP contribution in [0, 0.1) is 0 Å². The molecule has 0 aliphatic rings. The molecule has 4 N–H and O–H groups in total. The van der Waals surface area contributed by atoms with Crippen molar-refractivity contribution in [2.24, 2.45) is 0 Å². The van der Waals surface area contributed by atoms with Gasteiger partial charge in [-0.05, 0) is 47.5 Å². The third kappa shape index (κ3) is 8.19. The van der Waals surface area contributed by atoms with Crippen molar-refractivity contribution >= 4 is 29.4 Å². The zero-order valence-electron chi connectivity index (χ0n) is 17.6. The molecule has 0 aliphatic heterocycles. The number of carbonyl (C=O) groups is 3. The Morgan fingerprint density at radius 3 is 2.15 bits per heavy atom. The summed E-state index contributed by atoms with van der Waals surface area (Å²) < 4.78 is 5.66. The van der Waals surface area contributed by atoms with Crippen molar-refractivity contribution in [3.63, 3.8) is 0 Å². The molecule has 4 amide bonds. The van der Waals surface area contributed by atoms with Crippen LogP contribution in [-0.4, -0.2) is 24.4 Å². The monoisotopic (exact) mass is 466 g/mol. The van der Waals surface area contributed by atoms with E-state index in [4.69, 9.17) is 16.3 Å². The predicted octanol–water partition coefficient (Wildman–Crippen LogP) is 3.18. The first-order valence-corrected chi connectivity index (χ1v) is 10.5. The highest BCUT2D eigenvalue weighted by atomic mass is 35.5. The first-order valence-electron chi connectivity index (χ1n) is 10.1. The molecule has 33 heavy (non-hydrogen) atoms. The molecule has 3 aromatic carbocycles. The minimum atomic E-state index is -0.564. The molecule has 3 rings (SSSR count). The minimum absolute atomic E-state index is 0.290. The lowest BCUT2D eigenvalue weighted by Crippen LogP contribution is -2.47. The van der Waals surface area contributed by atoms with Gasteiger partial charge in [0.1, 0.15) is 18.9 Å². The van der Waals surface area contributed by atoms with Gasteiger partial charge < -0.3 is 15.4 Å². The van der Waals surface area contributed by atoms with Crippen LogP contribution < -0.4 is 26.2 Å². The SMILES string of the molecule is O=C(CNC(=O)NCc1ccccc1)NNC(=O)c1ccc(COc2ccc(Cl)cc2)cc1. The fourth-order valence-electron chi connectivity index (χ4n) is 2.69. The minimum Gasteiger partial charge on any atom is -0.489 e. The maximum Gasteiger partial charge on any atom is 0.315 e. The summed E-state index contributed by atoms with van der Waals surface area (Å²) in [4.78, 5) is 35.8. The van der Waals surface area contributed by atoms with Gasteiger partial charge in [-0.1, -0.05) is 54.1 Å². The Bertz CT molecular complexity index is 1070. The predicted molar refractivity (Wildman–Crippen MR) is 125 cm³/mol. The number of urea groups is 1. The third-order valence-corrected chi connectivity index (χ3v) is 4.71. The summed E-state index contributed by atoms with van der Waals surface area (Å²) in [6.07, 6.45) is 0. The highest BCUT2D eigenvalue weighted by molar-refractivity contribution is 6.30. The highest BCUT2D eigenvalue weighted by Crippen LogP contribution is 2.17. The maximum atomic E-state index is 12.2. The molecular weight excluding hydrogens is 444 g/mol. The van der Waals surface area contributed by atoms with E-state index in [1.54, 1.807) is 48.5 Å². The molecule has 0 atom stereocenters. The van der Waals surface area contributed by atoms with Crippen LogP contribution >= 0.6 is 11.6 Å². The van der Waals surface area contributed by atoms with Crippen LogP contribution in [-0.2, 0) is 17.9 Å². The van der Waals surface area contributed by atoms with Crippen molar-refractivity contribution < 1.29 is 19.1 Å². The van der Waals surface area contributed by atoms with Crippen LogP contribution in [0.1, 0.15) is 21.5 Å². The summed E-state index contributed by atoms with van der Waals surface area (Å²) in [5.74, 6) is -0.362. The van der Waals surface area contributed by atoms with Gasteiger partial charge in [-0.15, -0.1) is 0 Å².